The standard InChI is InChI=1S/C30H29N7O2/c1-36-14-19(32-16-36)15-37-17-33-25-9-6-18(10-27(25)37)12-31-13-26-28(22-4-2-3-5-24(22)34-26)29-23-11-20(38)7-8-21(23)30(39)35-29/h2-11,14,16-17,26,28-29,31,34,38H,12-13,15H2,1H3,(H,35,39). The second kappa shape index (κ2) is 9.28. The first-order chi connectivity index (χ1) is 19.0. The van der Waals surface area contributed by atoms with Crippen LogP contribution in [0.15, 0.2) is 79.5 Å². The number of para-hydroxylation sites is 1. The van der Waals surface area contributed by atoms with E-state index >= 15 is 0 Å². The lowest BCUT2D eigenvalue weighted by molar-refractivity contribution is 0.0951. The molecule has 0 radical (unpaired) electrons. The number of carbonyl (C=O) groups excluding carboxylic acids is 1. The molecule has 2 aliphatic heterocycles. The van der Waals surface area contributed by atoms with Crippen LogP contribution in [-0.2, 0) is 20.1 Å². The van der Waals surface area contributed by atoms with Gasteiger partial charge in [-0.05, 0) is 53.1 Å². The number of nitrogens with zero attached hydrogens (tertiary/aromatic N) is 4. The van der Waals surface area contributed by atoms with E-state index in [9.17, 15) is 9.90 Å². The van der Waals surface area contributed by atoms with Crippen LogP contribution in [0.25, 0.3) is 11.0 Å². The second-order valence-corrected chi connectivity index (χ2v) is 10.4. The summed E-state index contributed by atoms with van der Waals surface area (Å²) in [6, 6.07) is 19.4. The van der Waals surface area contributed by atoms with E-state index in [-0.39, 0.29) is 29.7 Å². The molecule has 1 amide bonds. The summed E-state index contributed by atoms with van der Waals surface area (Å²) in [6.45, 7) is 2.07. The summed E-state index contributed by atoms with van der Waals surface area (Å²) in [5.41, 5.74) is 7.93. The van der Waals surface area contributed by atoms with Crippen LogP contribution >= 0.6 is 0 Å². The van der Waals surface area contributed by atoms with Crippen molar-refractivity contribution in [1.29, 1.82) is 0 Å². The maximum atomic E-state index is 12.7. The lowest BCUT2D eigenvalue weighted by atomic mass is 9.84. The zero-order valence-corrected chi connectivity index (χ0v) is 21.5. The maximum Gasteiger partial charge on any atom is 0.252 e. The van der Waals surface area contributed by atoms with E-state index in [0.29, 0.717) is 25.2 Å². The summed E-state index contributed by atoms with van der Waals surface area (Å²) in [5.74, 6) is 0.0894. The van der Waals surface area contributed by atoms with Crippen molar-refractivity contribution in [3.05, 3.63) is 107 Å². The summed E-state index contributed by atoms with van der Waals surface area (Å²) in [6.07, 6.45) is 5.70. The molecule has 3 aromatic carbocycles. The molecule has 2 aliphatic rings. The zero-order valence-electron chi connectivity index (χ0n) is 21.5. The highest BCUT2D eigenvalue weighted by molar-refractivity contribution is 5.99. The van der Waals surface area contributed by atoms with Crippen molar-refractivity contribution in [1.82, 2.24) is 29.7 Å². The van der Waals surface area contributed by atoms with Crippen LogP contribution < -0.4 is 16.0 Å². The third-order valence-electron chi connectivity index (χ3n) is 7.82. The number of nitrogens with one attached hydrogen (secondary N) is 3. The van der Waals surface area contributed by atoms with Gasteiger partial charge in [0.1, 0.15) is 5.75 Å². The topological polar surface area (TPSA) is 109 Å². The van der Waals surface area contributed by atoms with E-state index in [0.717, 1.165) is 28.0 Å². The van der Waals surface area contributed by atoms with Crippen LogP contribution in [0.3, 0.4) is 0 Å². The van der Waals surface area contributed by atoms with Gasteiger partial charge in [-0.3, -0.25) is 4.79 Å². The average molecular weight is 520 g/mol. The van der Waals surface area contributed by atoms with Crippen LogP contribution in [0.5, 0.6) is 5.75 Å². The number of hydrogen-bond donors (Lipinski definition) is 4. The van der Waals surface area contributed by atoms with Crippen molar-refractivity contribution >= 4 is 22.6 Å². The van der Waals surface area contributed by atoms with Gasteiger partial charge in [-0.2, -0.15) is 0 Å². The molecule has 0 fully saturated rings. The average Bonchev–Trinajstić information content (AvgIpc) is 3.69. The van der Waals surface area contributed by atoms with Crippen molar-refractivity contribution in [3.63, 3.8) is 0 Å². The molecule has 39 heavy (non-hydrogen) atoms. The summed E-state index contributed by atoms with van der Waals surface area (Å²) < 4.78 is 4.08. The number of rotatable bonds is 7. The molecule has 9 heteroatoms. The number of fused-ring (bicyclic) bond motifs is 3. The van der Waals surface area contributed by atoms with Crippen LogP contribution in [-0.4, -0.2) is 42.7 Å². The molecule has 0 saturated carbocycles. The number of anilines is 1. The Hall–Kier alpha value is -4.63. The zero-order chi connectivity index (χ0) is 26.5. The van der Waals surface area contributed by atoms with Crippen molar-refractivity contribution < 1.29 is 9.90 Å². The quantitative estimate of drug-likeness (QED) is 0.261. The molecule has 0 bridgehead atoms. The molecule has 3 unspecified atom stereocenters. The second-order valence-electron chi connectivity index (χ2n) is 10.4. The predicted molar refractivity (Wildman–Crippen MR) is 149 cm³/mol. The molecule has 5 aromatic rings. The van der Waals surface area contributed by atoms with Gasteiger partial charge in [0.25, 0.3) is 5.91 Å². The minimum Gasteiger partial charge on any atom is -0.508 e. The highest BCUT2D eigenvalue weighted by Crippen LogP contribution is 2.46. The number of hydrogen-bond acceptors (Lipinski definition) is 6. The molecule has 9 nitrogen and oxygen atoms in total. The van der Waals surface area contributed by atoms with Gasteiger partial charge >= 0.3 is 0 Å². The normalized spacial score (nSPS) is 19.6. The number of phenols is 1. The lowest BCUT2D eigenvalue weighted by Crippen LogP contribution is -2.38. The molecule has 7 rings (SSSR count). The number of benzene rings is 3. The van der Waals surface area contributed by atoms with Gasteiger partial charge in [0.2, 0.25) is 0 Å². The Bertz CT molecular complexity index is 1700. The van der Waals surface area contributed by atoms with E-state index < -0.39 is 0 Å². The Balaban J connectivity index is 1.10. The first-order valence-corrected chi connectivity index (χ1v) is 13.1. The molecule has 2 aromatic heterocycles. The Morgan fingerprint density at radius 3 is 2.77 bits per heavy atom. The van der Waals surface area contributed by atoms with Gasteiger partial charge in [0.15, 0.2) is 0 Å². The third-order valence-corrected chi connectivity index (χ3v) is 7.82. The van der Waals surface area contributed by atoms with Crippen LogP contribution in [0.1, 0.15) is 44.7 Å². The number of amides is 1. The number of imidazole rings is 2. The first-order valence-electron chi connectivity index (χ1n) is 13.1. The Morgan fingerprint density at radius 1 is 1.00 bits per heavy atom. The van der Waals surface area contributed by atoms with Gasteiger partial charge in [-0.1, -0.05) is 24.3 Å². The highest BCUT2D eigenvalue weighted by Gasteiger charge is 2.43. The fourth-order valence-corrected chi connectivity index (χ4v) is 6.04. The molecule has 4 heterocycles. The van der Waals surface area contributed by atoms with Crippen LogP contribution in [0.2, 0.25) is 0 Å². The summed E-state index contributed by atoms with van der Waals surface area (Å²) >= 11 is 0. The molecular formula is C30H29N7O2. The fourth-order valence-electron chi connectivity index (χ4n) is 6.04. The summed E-state index contributed by atoms with van der Waals surface area (Å²) in [7, 11) is 1.97. The van der Waals surface area contributed by atoms with Crippen LogP contribution in [0.4, 0.5) is 5.69 Å². The maximum absolute atomic E-state index is 12.7. The molecule has 196 valence electrons. The minimum atomic E-state index is -0.222. The first kappa shape index (κ1) is 23.5. The van der Waals surface area contributed by atoms with E-state index in [1.807, 2.05) is 42.6 Å². The van der Waals surface area contributed by atoms with Gasteiger partial charge < -0.3 is 30.2 Å². The van der Waals surface area contributed by atoms with Gasteiger partial charge in [-0.15, -0.1) is 0 Å². The Morgan fingerprint density at radius 2 is 1.90 bits per heavy atom. The molecule has 4 N–H and O–H groups in total. The SMILES string of the molecule is Cn1cnc(Cn2cnc3ccc(CNCC4Nc5ccccc5C4C4NC(=O)c5ccc(O)cc54)cc32)c1. The third kappa shape index (κ3) is 4.21. The van der Waals surface area contributed by atoms with Crippen molar-refractivity contribution in [2.45, 2.75) is 31.1 Å². The van der Waals surface area contributed by atoms with Gasteiger partial charge in [0.05, 0.1) is 42.0 Å². The van der Waals surface area contributed by atoms with E-state index in [1.165, 1.54) is 11.1 Å². The molecule has 0 saturated heterocycles. The van der Waals surface area contributed by atoms with Crippen molar-refractivity contribution in [3.8, 4) is 5.75 Å². The number of aromatic hydroxyl groups is 1. The van der Waals surface area contributed by atoms with E-state index in [1.54, 1.807) is 18.2 Å². The molecule has 0 aliphatic carbocycles. The van der Waals surface area contributed by atoms with Crippen LogP contribution in [0, 0.1) is 0 Å². The fraction of sp³-hybridized carbons (Fsp3) is 0.233. The molecule has 0 spiro atoms. The van der Waals surface area contributed by atoms with E-state index in [4.69, 9.17) is 0 Å². The molecule has 3 atom stereocenters. The number of aryl methyl sites for hydroxylation is 1. The molecular weight excluding hydrogens is 490 g/mol. The minimum absolute atomic E-state index is 0.0167. The lowest BCUT2D eigenvalue weighted by Gasteiger charge is -2.27. The number of aromatic nitrogens is 4. The van der Waals surface area contributed by atoms with Crippen molar-refractivity contribution in [2.24, 2.45) is 7.05 Å². The van der Waals surface area contributed by atoms with Crippen molar-refractivity contribution in [2.75, 3.05) is 11.9 Å². The number of phenolic OH excluding ortho intramolecular Hbond substituents is 1. The Labute approximate surface area is 225 Å². The predicted octanol–water partition coefficient (Wildman–Crippen LogP) is 3.68. The van der Waals surface area contributed by atoms with Gasteiger partial charge in [0, 0.05) is 49.5 Å². The smallest absolute Gasteiger partial charge is 0.252 e. The number of carbonyl (C=O) groups is 1. The summed E-state index contributed by atoms with van der Waals surface area (Å²) in [5, 5.41) is 20.6. The highest BCUT2D eigenvalue weighted by atomic mass is 16.3. The largest absolute Gasteiger partial charge is 0.508 e. The summed E-state index contributed by atoms with van der Waals surface area (Å²) in [4.78, 5) is 21.8. The Kier molecular flexibility index (Phi) is 5.59. The van der Waals surface area contributed by atoms with E-state index in [2.05, 4.69) is 60.8 Å². The monoisotopic (exact) mass is 519 g/mol. The van der Waals surface area contributed by atoms with Gasteiger partial charge in [-0.25, -0.2) is 9.97 Å².